The van der Waals surface area contributed by atoms with Crippen molar-refractivity contribution in [2.45, 2.75) is 48.5 Å². The van der Waals surface area contributed by atoms with Crippen LogP contribution < -0.4 is 10.0 Å². The second-order valence-corrected chi connectivity index (χ2v) is 11.1. The van der Waals surface area contributed by atoms with Crippen molar-refractivity contribution in [3.63, 3.8) is 0 Å². The van der Waals surface area contributed by atoms with E-state index in [2.05, 4.69) is 20.5 Å². The third-order valence-electron chi connectivity index (χ3n) is 5.49. The maximum atomic E-state index is 12.8. The minimum absolute atomic E-state index is 0.0398. The molecule has 0 radical (unpaired) electrons. The minimum atomic E-state index is -4.73. The van der Waals surface area contributed by atoms with Gasteiger partial charge in [-0.3, -0.25) is 4.72 Å². The fraction of sp³-hybridized carbons (Fsp3) is 0.350. The minimum Gasteiger partial charge on any atom is -0.366 e. The lowest BCUT2D eigenvalue weighted by Crippen LogP contribution is -2.17. The van der Waals surface area contributed by atoms with Crippen LogP contribution in [0.3, 0.4) is 0 Å². The van der Waals surface area contributed by atoms with Crippen molar-refractivity contribution in [3.8, 4) is 0 Å². The number of sulfonamides is 1. The second-order valence-electron chi connectivity index (χ2n) is 7.99. The molecule has 1 aromatic carbocycles. The molecule has 7 nitrogen and oxygen atoms in total. The van der Waals surface area contributed by atoms with Gasteiger partial charge in [-0.25, -0.2) is 13.4 Å². The summed E-state index contributed by atoms with van der Waals surface area (Å²) in [5, 5.41) is 7.29. The molecule has 2 atom stereocenters. The maximum Gasteiger partial charge on any atom is 0.445 e. The molecule has 1 aliphatic rings. The molecule has 0 bridgehead atoms. The Morgan fingerprint density at radius 2 is 1.69 bits per heavy atom. The van der Waals surface area contributed by atoms with Crippen molar-refractivity contribution in [3.05, 3.63) is 57.7 Å². The zero-order chi connectivity index (χ0) is 26.3. The number of nitrogens with one attached hydrogen (secondary N) is 2. The lowest BCUT2D eigenvalue weighted by atomic mass is 9.97. The first-order valence-corrected chi connectivity index (χ1v) is 12.9. The normalized spacial score (nSPS) is 18.9. The van der Waals surface area contributed by atoms with Gasteiger partial charge in [0, 0.05) is 12.2 Å². The lowest BCUT2D eigenvalue weighted by molar-refractivity contribution is -0.138. The number of hydrogen-bond donors (Lipinski definition) is 2. The maximum absolute atomic E-state index is 12.8. The number of nitrogens with zero attached hydrogens (tertiary/aromatic N) is 3. The van der Waals surface area contributed by atoms with E-state index in [1.807, 2.05) is 4.72 Å². The van der Waals surface area contributed by atoms with E-state index in [0.29, 0.717) is 19.0 Å². The van der Waals surface area contributed by atoms with Crippen LogP contribution in [0.5, 0.6) is 0 Å². The monoisotopic (exact) mass is 571 g/mol. The van der Waals surface area contributed by atoms with E-state index in [1.54, 1.807) is 12.1 Å². The molecule has 1 saturated carbocycles. The molecule has 2 aromatic heterocycles. The summed E-state index contributed by atoms with van der Waals surface area (Å²) in [4.78, 5) is 3.62. The van der Waals surface area contributed by atoms with Gasteiger partial charge in [0.1, 0.15) is 5.82 Å². The largest absolute Gasteiger partial charge is 0.445 e. The van der Waals surface area contributed by atoms with Crippen molar-refractivity contribution < 1.29 is 34.8 Å². The Bertz CT molecular complexity index is 1350. The van der Waals surface area contributed by atoms with Crippen LogP contribution in [0.2, 0.25) is 5.02 Å². The molecule has 3 aromatic rings. The number of rotatable bonds is 6. The van der Waals surface area contributed by atoms with Gasteiger partial charge in [0.15, 0.2) is 0 Å². The second kappa shape index (κ2) is 9.67. The fourth-order valence-electron chi connectivity index (χ4n) is 3.78. The van der Waals surface area contributed by atoms with Crippen molar-refractivity contribution in [1.29, 1.82) is 0 Å². The summed E-state index contributed by atoms with van der Waals surface area (Å²) in [7, 11) is -4.18. The number of pyridine rings is 1. The molecule has 16 heteroatoms. The number of benzene rings is 1. The average molecular weight is 572 g/mol. The predicted molar refractivity (Wildman–Crippen MR) is 120 cm³/mol. The van der Waals surface area contributed by atoms with Crippen LogP contribution >= 0.6 is 22.9 Å². The molecule has 2 N–H and O–H groups in total. The lowest BCUT2D eigenvalue weighted by Gasteiger charge is -2.16. The molecule has 0 unspecified atom stereocenters. The highest BCUT2D eigenvalue weighted by Gasteiger charge is 2.36. The van der Waals surface area contributed by atoms with E-state index in [4.69, 9.17) is 11.6 Å². The molecule has 0 spiro atoms. The quantitative estimate of drug-likeness (QED) is 0.343. The smallest absolute Gasteiger partial charge is 0.366 e. The number of anilines is 2. The zero-order valence-corrected chi connectivity index (χ0v) is 20.2. The van der Waals surface area contributed by atoms with Crippen LogP contribution in [0, 0.1) is 0 Å². The third kappa shape index (κ3) is 6.00. The van der Waals surface area contributed by atoms with Gasteiger partial charge in [-0.15, -0.1) is 10.2 Å². The Balaban J connectivity index is 1.39. The summed E-state index contributed by atoms with van der Waals surface area (Å²) in [6, 6.07) is 6.57. The molecule has 36 heavy (non-hydrogen) atoms. The van der Waals surface area contributed by atoms with Gasteiger partial charge in [0.05, 0.1) is 15.5 Å². The summed E-state index contributed by atoms with van der Waals surface area (Å²) in [5.41, 5.74) is -0.112. The van der Waals surface area contributed by atoms with Crippen molar-refractivity contribution in [1.82, 2.24) is 15.2 Å². The number of hydrogen-bond acceptors (Lipinski definition) is 7. The molecule has 194 valence electrons. The zero-order valence-electron chi connectivity index (χ0n) is 17.9. The Kier molecular flexibility index (Phi) is 7.09. The molecule has 0 aliphatic heterocycles. The first-order chi connectivity index (χ1) is 16.7. The van der Waals surface area contributed by atoms with E-state index in [1.165, 1.54) is 12.1 Å². The van der Waals surface area contributed by atoms with Crippen molar-refractivity contribution in [2.24, 2.45) is 0 Å². The van der Waals surface area contributed by atoms with Gasteiger partial charge in [-0.05, 0) is 48.9 Å². The molecule has 0 amide bonds. The molecule has 1 fully saturated rings. The predicted octanol–water partition coefficient (Wildman–Crippen LogP) is 6.17. The summed E-state index contributed by atoms with van der Waals surface area (Å²) >= 11 is 6.03. The molecule has 4 rings (SSSR count). The first kappa shape index (κ1) is 26.4. The van der Waals surface area contributed by atoms with Gasteiger partial charge in [-0.2, -0.15) is 26.3 Å². The molecule has 2 heterocycles. The number of halogens is 7. The summed E-state index contributed by atoms with van der Waals surface area (Å²) in [6.07, 6.45) is -6.56. The Labute approximate surface area is 210 Å². The summed E-state index contributed by atoms with van der Waals surface area (Å²) < 4.78 is 103. The van der Waals surface area contributed by atoms with Gasteiger partial charge >= 0.3 is 12.4 Å². The van der Waals surface area contributed by atoms with Crippen molar-refractivity contribution >= 4 is 43.9 Å². The van der Waals surface area contributed by atoms with Crippen LogP contribution in [-0.2, 0) is 22.4 Å². The molecule has 0 saturated heterocycles. The molecular weight excluding hydrogens is 556 g/mol. The van der Waals surface area contributed by atoms with E-state index in [9.17, 15) is 34.8 Å². The first-order valence-electron chi connectivity index (χ1n) is 10.2. The Morgan fingerprint density at radius 1 is 1.00 bits per heavy atom. The van der Waals surface area contributed by atoms with E-state index in [-0.39, 0.29) is 39.0 Å². The van der Waals surface area contributed by atoms with E-state index >= 15 is 0 Å². The van der Waals surface area contributed by atoms with Crippen LogP contribution in [0.25, 0.3) is 0 Å². The van der Waals surface area contributed by atoms with Gasteiger partial charge in [0.25, 0.3) is 10.0 Å². The number of alkyl halides is 6. The summed E-state index contributed by atoms with van der Waals surface area (Å²) in [6.45, 7) is 0. The third-order valence-corrected chi connectivity index (χ3v) is 8.15. The van der Waals surface area contributed by atoms with Crippen LogP contribution in [-0.4, -0.2) is 29.6 Å². The standard InChI is InChI=1S/C20H16ClF6N5O2S2/c21-15-8-12(19(22,23)24)9-28-16(15)29-13-4-1-11(7-13)10-2-5-14(6-3-10)36(33,34)32-18-31-30-17(35-18)20(25,26)27/h2-3,5-6,8-9,11,13H,1,4,7H2,(H,28,29)(H,31,32)/t11-,13-/m1/s1. The topological polar surface area (TPSA) is 96.9 Å². The van der Waals surface area contributed by atoms with Crippen LogP contribution in [0.4, 0.5) is 37.3 Å². The Hall–Kier alpha value is -2.65. The summed E-state index contributed by atoms with van der Waals surface area (Å²) in [5.74, 6) is 0.186. The fourth-order valence-corrected chi connectivity index (χ4v) is 5.84. The molecular formula is C20H16ClF6N5O2S2. The highest BCUT2D eigenvalue weighted by molar-refractivity contribution is 7.93. The van der Waals surface area contributed by atoms with Crippen LogP contribution in [0.15, 0.2) is 41.4 Å². The Morgan fingerprint density at radius 3 is 2.28 bits per heavy atom. The van der Waals surface area contributed by atoms with Gasteiger partial charge < -0.3 is 5.32 Å². The average Bonchev–Trinajstić information content (AvgIpc) is 3.44. The molecule has 1 aliphatic carbocycles. The SMILES string of the molecule is O=S(=O)(Nc1nnc(C(F)(F)F)s1)c1ccc([C@@H]2CC[C@@H](Nc3ncc(C(F)(F)F)cc3Cl)C2)cc1. The van der Waals surface area contributed by atoms with E-state index < -0.39 is 38.1 Å². The number of aromatic nitrogens is 3. The highest BCUT2D eigenvalue weighted by Crippen LogP contribution is 2.38. The van der Waals surface area contributed by atoms with Gasteiger partial charge in [-0.1, -0.05) is 35.1 Å². The van der Waals surface area contributed by atoms with Gasteiger partial charge in [0.2, 0.25) is 10.1 Å². The van der Waals surface area contributed by atoms with Crippen LogP contribution in [0.1, 0.15) is 41.3 Å². The van der Waals surface area contributed by atoms with E-state index in [0.717, 1.165) is 18.1 Å². The highest BCUT2D eigenvalue weighted by atomic mass is 35.5. The van der Waals surface area contributed by atoms with Crippen molar-refractivity contribution in [2.75, 3.05) is 10.0 Å².